The number of carbonyl (C=O) groups excluding carboxylic acids is 1. The molecule has 2 heterocycles. The molecule has 4 fully saturated rings. The second-order valence-electron chi connectivity index (χ2n) is 11.6. The van der Waals surface area contributed by atoms with E-state index in [9.17, 15) is 4.79 Å². The van der Waals surface area contributed by atoms with Gasteiger partial charge in [-0.05, 0) is 119 Å². The largest absolute Gasteiger partial charge is 0.439 e. The van der Waals surface area contributed by atoms with E-state index in [-0.39, 0.29) is 11.3 Å². The summed E-state index contributed by atoms with van der Waals surface area (Å²) in [5.74, 6) is 5.12. The molecule has 4 aliphatic carbocycles. The molecule has 36 heavy (non-hydrogen) atoms. The van der Waals surface area contributed by atoms with E-state index in [1.807, 2.05) is 49.7 Å². The Balaban J connectivity index is 1.11. The zero-order valence-corrected chi connectivity index (χ0v) is 21.7. The summed E-state index contributed by atoms with van der Waals surface area (Å²) in [5, 5.41) is 7.74. The minimum atomic E-state index is 0.141. The van der Waals surface area contributed by atoms with E-state index in [2.05, 4.69) is 27.3 Å². The van der Waals surface area contributed by atoms with Gasteiger partial charge in [0, 0.05) is 23.9 Å². The Bertz CT molecular complexity index is 1270. The monoisotopic (exact) mass is 485 g/mol. The van der Waals surface area contributed by atoms with Gasteiger partial charge in [-0.25, -0.2) is 9.67 Å². The highest BCUT2D eigenvalue weighted by atomic mass is 16.5. The summed E-state index contributed by atoms with van der Waals surface area (Å²) in [6.07, 6.45) is 8.59. The van der Waals surface area contributed by atoms with Gasteiger partial charge in [-0.1, -0.05) is 0 Å². The van der Waals surface area contributed by atoms with Crippen LogP contribution in [-0.2, 0) is 4.79 Å². The number of hydrogen-bond donors (Lipinski definition) is 1. The molecule has 4 saturated carbocycles. The van der Waals surface area contributed by atoms with Crippen molar-refractivity contribution in [1.29, 1.82) is 0 Å². The number of rotatable bonds is 6. The van der Waals surface area contributed by atoms with E-state index in [0.29, 0.717) is 29.7 Å². The van der Waals surface area contributed by atoms with Gasteiger partial charge in [0.1, 0.15) is 11.6 Å². The number of benzene rings is 1. The molecule has 2 aromatic heterocycles. The van der Waals surface area contributed by atoms with E-state index in [1.165, 1.54) is 38.5 Å². The molecule has 7 nitrogen and oxygen atoms in total. The van der Waals surface area contributed by atoms with Crippen molar-refractivity contribution in [3.05, 3.63) is 53.1 Å². The van der Waals surface area contributed by atoms with Gasteiger partial charge in [-0.3, -0.25) is 4.79 Å². The van der Waals surface area contributed by atoms with Gasteiger partial charge in [-0.2, -0.15) is 10.1 Å². The Kier molecular flexibility index (Phi) is 5.61. The standard InChI is InChI=1S/C29H35N5O2/c1-17-18(2)33-34(19(17)3)26-12-28(31-20(4)30-26)36-25-7-5-24(6-8-25)32-27(35)16-29-13-21-9-22(14-29)11-23(10-21)15-29/h5-8,12,21-23H,9-11,13-16H2,1-4H3,(H,32,35). The minimum Gasteiger partial charge on any atom is -0.439 e. The second kappa shape index (κ2) is 8.71. The fourth-order valence-electron chi connectivity index (χ4n) is 7.41. The van der Waals surface area contributed by atoms with Crippen LogP contribution in [-0.4, -0.2) is 25.7 Å². The minimum absolute atomic E-state index is 0.141. The number of anilines is 1. The quantitative estimate of drug-likeness (QED) is 0.447. The van der Waals surface area contributed by atoms with E-state index < -0.39 is 0 Å². The first kappa shape index (κ1) is 23.2. The molecular weight excluding hydrogens is 450 g/mol. The van der Waals surface area contributed by atoms with Crippen LogP contribution < -0.4 is 10.1 Å². The van der Waals surface area contributed by atoms with Crippen LogP contribution in [0, 0.1) is 50.9 Å². The third-order valence-corrected chi connectivity index (χ3v) is 8.73. The highest BCUT2D eigenvalue weighted by molar-refractivity contribution is 5.91. The summed E-state index contributed by atoms with van der Waals surface area (Å²) in [4.78, 5) is 22.0. The smallest absolute Gasteiger partial charge is 0.224 e. The summed E-state index contributed by atoms with van der Waals surface area (Å²) in [6, 6.07) is 9.32. The second-order valence-corrected chi connectivity index (χ2v) is 11.6. The Hall–Kier alpha value is -3.22. The van der Waals surface area contributed by atoms with E-state index in [1.54, 1.807) is 6.07 Å². The third-order valence-electron chi connectivity index (χ3n) is 8.73. The lowest BCUT2D eigenvalue weighted by Gasteiger charge is -2.56. The van der Waals surface area contributed by atoms with E-state index in [4.69, 9.17) is 4.74 Å². The van der Waals surface area contributed by atoms with Gasteiger partial charge >= 0.3 is 0 Å². The number of aryl methyl sites for hydroxylation is 2. The van der Waals surface area contributed by atoms with Crippen molar-refractivity contribution < 1.29 is 9.53 Å². The molecule has 1 aromatic carbocycles. The third kappa shape index (κ3) is 4.40. The fraction of sp³-hybridized carbons (Fsp3) is 0.517. The highest BCUT2D eigenvalue weighted by Crippen LogP contribution is 2.61. The van der Waals surface area contributed by atoms with Crippen molar-refractivity contribution in [2.45, 2.75) is 72.6 Å². The number of nitrogens with zero attached hydrogens (tertiary/aromatic N) is 4. The molecule has 7 heteroatoms. The number of amides is 1. The van der Waals surface area contributed by atoms with Crippen LogP contribution in [0.15, 0.2) is 30.3 Å². The average Bonchev–Trinajstić information content (AvgIpc) is 3.06. The maximum absolute atomic E-state index is 13.0. The van der Waals surface area contributed by atoms with Gasteiger partial charge in [-0.15, -0.1) is 0 Å². The average molecular weight is 486 g/mol. The predicted molar refractivity (Wildman–Crippen MR) is 138 cm³/mol. The molecule has 3 aromatic rings. The maximum atomic E-state index is 13.0. The molecule has 188 valence electrons. The Labute approximate surface area is 212 Å². The van der Waals surface area contributed by atoms with E-state index in [0.717, 1.165) is 40.4 Å². The lowest BCUT2D eigenvalue weighted by Crippen LogP contribution is -2.47. The molecule has 0 unspecified atom stereocenters. The van der Waals surface area contributed by atoms with Crippen molar-refractivity contribution in [3.63, 3.8) is 0 Å². The zero-order valence-electron chi connectivity index (χ0n) is 21.7. The summed E-state index contributed by atoms with van der Waals surface area (Å²) in [5.41, 5.74) is 4.22. The Morgan fingerprint density at radius 3 is 2.22 bits per heavy atom. The fourth-order valence-corrected chi connectivity index (χ4v) is 7.41. The molecule has 0 spiro atoms. The molecule has 4 aliphatic rings. The van der Waals surface area contributed by atoms with Gasteiger partial charge in [0.25, 0.3) is 0 Å². The zero-order chi connectivity index (χ0) is 25.0. The highest BCUT2D eigenvalue weighted by Gasteiger charge is 2.51. The molecule has 7 rings (SSSR count). The van der Waals surface area contributed by atoms with Crippen LogP contribution in [0.1, 0.15) is 67.7 Å². The summed E-state index contributed by atoms with van der Waals surface area (Å²) < 4.78 is 7.87. The summed E-state index contributed by atoms with van der Waals surface area (Å²) in [7, 11) is 0. The first-order chi connectivity index (χ1) is 17.2. The first-order valence-corrected chi connectivity index (χ1v) is 13.2. The van der Waals surface area contributed by atoms with Gasteiger partial charge < -0.3 is 10.1 Å². The summed E-state index contributed by atoms with van der Waals surface area (Å²) in [6.45, 7) is 7.93. The molecule has 0 saturated heterocycles. The first-order valence-electron chi connectivity index (χ1n) is 13.2. The lowest BCUT2D eigenvalue weighted by atomic mass is 9.49. The molecule has 0 aliphatic heterocycles. The van der Waals surface area contributed by atoms with Crippen LogP contribution in [0.4, 0.5) is 5.69 Å². The molecular formula is C29H35N5O2. The van der Waals surface area contributed by atoms with Crippen molar-refractivity contribution in [2.24, 2.45) is 23.2 Å². The number of hydrogen-bond acceptors (Lipinski definition) is 5. The van der Waals surface area contributed by atoms with Crippen molar-refractivity contribution >= 4 is 11.6 Å². The number of aromatic nitrogens is 4. The van der Waals surface area contributed by atoms with Crippen LogP contribution >= 0.6 is 0 Å². The van der Waals surface area contributed by atoms with Crippen LogP contribution in [0.3, 0.4) is 0 Å². The van der Waals surface area contributed by atoms with Crippen LogP contribution in [0.25, 0.3) is 5.82 Å². The van der Waals surface area contributed by atoms with Gasteiger partial charge in [0.15, 0.2) is 5.82 Å². The predicted octanol–water partition coefficient (Wildman–Crippen LogP) is 6.23. The Morgan fingerprint density at radius 2 is 1.64 bits per heavy atom. The molecule has 1 amide bonds. The molecule has 4 bridgehead atoms. The molecule has 1 N–H and O–H groups in total. The van der Waals surface area contributed by atoms with Crippen molar-refractivity contribution in [3.8, 4) is 17.4 Å². The summed E-state index contributed by atoms with van der Waals surface area (Å²) >= 11 is 0. The van der Waals surface area contributed by atoms with E-state index >= 15 is 0 Å². The lowest BCUT2D eigenvalue weighted by molar-refractivity contribution is -0.124. The normalized spacial score (nSPS) is 26.3. The van der Waals surface area contributed by atoms with Crippen LogP contribution in [0.5, 0.6) is 11.6 Å². The van der Waals surface area contributed by atoms with Gasteiger partial charge in [0.05, 0.1) is 5.69 Å². The SMILES string of the molecule is Cc1nc(Oc2ccc(NC(=O)CC34CC5CC(CC(C5)C3)C4)cc2)cc(-n2nc(C)c(C)c2C)n1. The number of nitrogens with one attached hydrogen (secondary N) is 1. The van der Waals surface area contributed by atoms with Gasteiger partial charge in [0.2, 0.25) is 11.8 Å². The van der Waals surface area contributed by atoms with Crippen molar-refractivity contribution in [2.75, 3.05) is 5.32 Å². The molecule has 0 atom stereocenters. The topological polar surface area (TPSA) is 81.9 Å². The van der Waals surface area contributed by atoms with Crippen LogP contribution in [0.2, 0.25) is 0 Å². The maximum Gasteiger partial charge on any atom is 0.224 e. The number of ether oxygens (including phenoxy) is 1. The number of carbonyl (C=O) groups is 1. The Morgan fingerprint density at radius 1 is 1.00 bits per heavy atom. The van der Waals surface area contributed by atoms with Crippen molar-refractivity contribution in [1.82, 2.24) is 19.7 Å². The molecule has 0 radical (unpaired) electrons.